The Morgan fingerprint density at radius 2 is 1.81 bits per heavy atom. The van der Waals surface area contributed by atoms with Gasteiger partial charge in [0.05, 0.1) is 11.2 Å². The van der Waals surface area contributed by atoms with Crippen LogP contribution in [0.25, 0.3) is 22.2 Å². The molecule has 0 aliphatic carbocycles. The molecule has 3 heterocycles. The molecular weight excluding hydrogens is 406 g/mol. The first-order chi connectivity index (χ1) is 15.2. The zero-order chi connectivity index (χ0) is 21.2. The van der Waals surface area contributed by atoms with Gasteiger partial charge in [-0.15, -0.1) is 0 Å². The summed E-state index contributed by atoms with van der Waals surface area (Å²) in [7, 11) is 0. The summed E-state index contributed by atoms with van der Waals surface area (Å²) < 4.78 is 0. The van der Waals surface area contributed by atoms with E-state index in [0.717, 1.165) is 47.2 Å². The highest BCUT2D eigenvalue weighted by molar-refractivity contribution is 6.30. The molecule has 1 saturated heterocycles. The van der Waals surface area contributed by atoms with Crippen LogP contribution in [-0.4, -0.2) is 33.9 Å². The minimum Gasteiger partial charge on any atom is -0.337 e. The standard InChI is InChI=1S/C26H22ClN3O/c27-21-9-3-7-19(16-21)23-11-4-12-24(28-23)20-8-5-15-30(17-20)26(31)25-14-13-18-6-1-2-10-22(18)29-25/h1-4,6-7,9-14,16,20H,5,8,15,17H2/t20-/m1/s1. The summed E-state index contributed by atoms with van der Waals surface area (Å²) in [6, 6.07) is 25.5. The summed E-state index contributed by atoms with van der Waals surface area (Å²) >= 11 is 6.15. The zero-order valence-electron chi connectivity index (χ0n) is 17.0. The van der Waals surface area contributed by atoms with E-state index in [1.807, 2.05) is 77.7 Å². The van der Waals surface area contributed by atoms with Gasteiger partial charge in [0.1, 0.15) is 5.69 Å². The fourth-order valence-corrected chi connectivity index (χ4v) is 4.43. The van der Waals surface area contributed by atoms with Gasteiger partial charge in [-0.1, -0.05) is 54.1 Å². The molecule has 2 aromatic heterocycles. The van der Waals surface area contributed by atoms with E-state index in [1.165, 1.54) is 0 Å². The molecule has 154 valence electrons. The molecule has 0 saturated carbocycles. The third kappa shape index (κ3) is 4.17. The van der Waals surface area contributed by atoms with Gasteiger partial charge in [0, 0.05) is 40.7 Å². The number of para-hydroxylation sites is 1. The lowest BCUT2D eigenvalue weighted by atomic mass is 9.93. The van der Waals surface area contributed by atoms with Crippen LogP contribution >= 0.6 is 11.6 Å². The van der Waals surface area contributed by atoms with Crippen molar-refractivity contribution < 1.29 is 4.79 Å². The lowest BCUT2D eigenvalue weighted by Gasteiger charge is -2.32. The number of carbonyl (C=O) groups is 1. The van der Waals surface area contributed by atoms with E-state index in [4.69, 9.17) is 16.6 Å². The average molecular weight is 428 g/mol. The summed E-state index contributed by atoms with van der Waals surface area (Å²) in [5.41, 5.74) is 4.26. The molecule has 31 heavy (non-hydrogen) atoms. The Kier molecular flexibility index (Phi) is 5.39. The summed E-state index contributed by atoms with van der Waals surface area (Å²) in [4.78, 5) is 24.6. The topological polar surface area (TPSA) is 46.1 Å². The van der Waals surface area contributed by atoms with Gasteiger partial charge in [0.15, 0.2) is 0 Å². The Bertz CT molecular complexity index is 1260. The van der Waals surface area contributed by atoms with Crippen LogP contribution in [0.5, 0.6) is 0 Å². The molecule has 4 aromatic rings. The third-order valence-electron chi connectivity index (χ3n) is 5.84. The second-order valence-corrected chi connectivity index (χ2v) is 8.37. The van der Waals surface area contributed by atoms with Crippen molar-refractivity contribution in [1.29, 1.82) is 0 Å². The van der Waals surface area contributed by atoms with Crippen molar-refractivity contribution in [2.75, 3.05) is 13.1 Å². The van der Waals surface area contributed by atoms with Gasteiger partial charge in [-0.2, -0.15) is 0 Å². The molecule has 0 bridgehead atoms. The Morgan fingerprint density at radius 3 is 2.71 bits per heavy atom. The minimum absolute atomic E-state index is 0.0125. The van der Waals surface area contributed by atoms with Crippen molar-refractivity contribution in [3.05, 3.63) is 95.3 Å². The van der Waals surface area contributed by atoms with E-state index >= 15 is 0 Å². The van der Waals surface area contributed by atoms with Crippen LogP contribution in [0.4, 0.5) is 0 Å². The molecule has 4 nitrogen and oxygen atoms in total. The fraction of sp³-hybridized carbons (Fsp3) is 0.192. The van der Waals surface area contributed by atoms with E-state index < -0.39 is 0 Å². The Labute approximate surface area is 186 Å². The van der Waals surface area contributed by atoms with Crippen LogP contribution in [0.15, 0.2) is 78.9 Å². The SMILES string of the molecule is O=C(c1ccc2ccccc2n1)N1CCC[C@@H](c2cccc(-c3cccc(Cl)c3)n2)C1. The van der Waals surface area contributed by atoms with Gasteiger partial charge in [-0.3, -0.25) is 9.78 Å². The number of rotatable bonds is 3. The highest BCUT2D eigenvalue weighted by Gasteiger charge is 2.27. The summed E-state index contributed by atoms with van der Waals surface area (Å²) in [5, 5.41) is 1.74. The van der Waals surface area contributed by atoms with E-state index in [-0.39, 0.29) is 11.8 Å². The lowest BCUT2D eigenvalue weighted by molar-refractivity contribution is 0.0700. The van der Waals surface area contributed by atoms with Crippen molar-refractivity contribution in [2.45, 2.75) is 18.8 Å². The predicted octanol–water partition coefficient (Wildman–Crippen LogP) is 5.97. The number of piperidine rings is 1. The van der Waals surface area contributed by atoms with Crippen molar-refractivity contribution in [2.24, 2.45) is 0 Å². The largest absolute Gasteiger partial charge is 0.337 e. The number of aromatic nitrogens is 2. The molecule has 2 aromatic carbocycles. The van der Waals surface area contributed by atoms with Crippen molar-refractivity contribution in [1.82, 2.24) is 14.9 Å². The van der Waals surface area contributed by atoms with Gasteiger partial charge in [-0.05, 0) is 49.2 Å². The van der Waals surface area contributed by atoms with Crippen LogP contribution in [-0.2, 0) is 0 Å². The first-order valence-electron chi connectivity index (χ1n) is 10.6. The molecule has 0 N–H and O–H groups in total. The molecule has 5 heteroatoms. The Hall–Kier alpha value is -3.24. The number of amides is 1. The van der Waals surface area contributed by atoms with Gasteiger partial charge < -0.3 is 4.90 Å². The van der Waals surface area contributed by atoms with Gasteiger partial charge in [0.25, 0.3) is 5.91 Å². The number of hydrogen-bond acceptors (Lipinski definition) is 3. The summed E-state index contributed by atoms with van der Waals surface area (Å²) in [5.74, 6) is 0.193. The Morgan fingerprint density at radius 1 is 0.935 bits per heavy atom. The zero-order valence-corrected chi connectivity index (χ0v) is 17.8. The highest BCUT2D eigenvalue weighted by Crippen LogP contribution is 2.29. The number of likely N-dealkylation sites (tertiary alicyclic amines) is 1. The predicted molar refractivity (Wildman–Crippen MR) is 124 cm³/mol. The smallest absolute Gasteiger partial charge is 0.272 e. The van der Waals surface area contributed by atoms with Gasteiger partial charge >= 0.3 is 0 Å². The molecule has 0 radical (unpaired) electrons. The van der Waals surface area contributed by atoms with E-state index in [1.54, 1.807) is 0 Å². The molecule has 1 atom stereocenters. The van der Waals surface area contributed by atoms with Crippen molar-refractivity contribution in [3.8, 4) is 11.3 Å². The van der Waals surface area contributed by atoms with E-state index in [0.29, 0.717) is 17.3 Å². The monoisotopic (exact) mass is 427 g/mol. The number of benzene rings is 2. The number of carbonyl (C=O) groups excluding carboxylic acids is 1. The van der Waals surface area contributed by atoms with E-state index in [2.05, 4.69) is 11.1 Å². The molecule has 1 fully saturated rings. The second-order valence-electron chi connectivity index (χ2n) is 7.94. The number of pyridine rings is 2. The maximum absolute atomic E-state index is 13.2. The summed E-state index contributed by atoms with van der Waals surface area (Å²) in [6.45, 7) is 1.40. The maximum atomic E-state index is 13.2. The third-order valence-corrected chi connectivity index (χ3v) is 6.07. The molecule has 1 aliphatic rings. The number of hydrogen-bond donors (Lipinski definition) is 0. The van der Waals surface area contributed by atoms with Gasteiger partial charge in [0.2, 0.25) is 0 Å². The normalized spacial score (nSPS) is 16.4. The molecule has 1 aliphatic heterocycles. The van der Waals surface area contributed by atoms with Crippen LogP contribution in [0.3, 0.4) is 0 Å². The van der Waals surface area contributed by atoms with Crippen molar-refractivity contribution in [3.63, 3.8) is 0 Å². The first kappa shape index (κ1) is 19.7. The Balaban J connectivity index is 1.37. The first-order valence-corrected chi connectivity index (χ1v) is 10.9. The minimum atomic E-state index is -0.0125. The van der Waals surface area contributed by atoms with Crippen LogP contribution in [0.2, 0.25) is 5.02 Å². The maximum Gasteiger partial charge on any atom is 0.272 e. The number of fused-ring (bicyclic) bond motifs is 1. The molecule has 1 amide bonds. The number of halogens is 1. The lowest BCUT2D eigenvalue weighted by Crippen LogP contribution is -2.39. The fourth-order valence-electron chi connectivity index (χ4n) is 4.24. The average Bonchev–Trinajstić information content (AvgIpc) is 2.83. The summed E-state index contributed by atoms with van der Waals surface area (Å²) in [6.07, 6.45) is 1.97. The van der Waals surface area contributed by atoms with Crippen LogP contribution in [0.1, 0.15) is 34.9 Å². The van der Waals surface area contributed by atoms with Gasteiger partial charge in [-0.25, -0.2) is 4.98 Å². The molecule has 0 unspecified atom stereocenters. The van der Waals surface area contributed by atoms with Crippen LogP contribution in [0, 0.1) is 0 Å². The van der Waals surface area contributed by atoms with Crippen LogP contribution < -0.4 is 0 Å². The van der Waals surface area contributed by atoms with Crippen molar-refractivity contribution >= 4 is 28.4 Å². The molecule has 0 spiro atoms. The second kappa shape index (κ2) is 8.48. The molecular formula is C26H22ClN3O. The quantitative estimate of drug-likeness (QED) is 0.404. The number of nitrogens with zero attached hydrogens (tertiary/aromatic N) is 3. The van der Waals surface area contributed by atoms with E-state index in [9.17, 15) is 4.79 Å². The highest BCUT2D eigenvalue weighted by atomic mass is 35.5. The molecule has 5 rings (SSSR count).